The first-order chi connectivity index (χ1) is 11.6. The molecular weight excluding hydrogens is 306 g/mol. The van der Waals surface area contributed by atoms with Crippen molar-refractivity contribution >= 4 is 28.4 Å². The largest absolute Gasteiger partial charge is 0.368 e. The van der Waals surface area contributed by atoms with Crippen molar-refractivity contribution in [3.05, 3.63) is 76.9 Å². The predicted octanol–water partition coefficient (Wildman–Crippen LogP) is 2.25. The van der Waals surface area contributed by atoms with Crippen molar-refractivity contribution in [3.63, 3.8) is 0 Å². The first-order valence-electron chi connectivity index (χ1n) is 7.27. The van der Waals surface area contributed by atoms with Crippen LogP contribution >= 0.6 is 0 Å². The highest BCUT2D eigenvalue weighted by atomic mass is 16.5. The van der Waals surface area contributed by atoms with Crippen molar-refractivity contribution in [3.8, 4) is 0 Å². The number of anilines is 1. The summed E-state index contributed by atoms with van der Waals surface area (Å²) in [5, 5.41) is 13.1. The zero-order valence-corrected chi connectivity index (χ0v) is 12.4. The number of carbonyl (C=O) groups excluding carboxylic acids is 2. The van der Waals surface area contributed by atoms with E-state index in [9.17, 15) is 14.8 Å². The van der Waals surface area contributed by atoms with E-state index in [1.807, 2.05) is 30.3 Å². The third kappa shape index (κ3) is 2.17. The third-order valence-corrected chi connectivity index (χ3v) is 3.86. The average Bonchev–Trinajstić information content (AvgIpc) is 3.00. The maximum atomic E-state index is 12.8. The van der Waals surface area contributed by atoms with Gasteiger partial charge < -0.3 is 0 Å². The molecule has 0 unspecified atom stereocenters. The van der Waals surface area contributed by atoms with Crippen molar-refractivity contribution in [1.29, 1.82) is 0 Å². The lowest BCUT2D eigenvalue weighted by molar-refractivity contribution is 0.0855. The smallest absolute Gasteiger partial charge is 0.281 e. The van der Waals surface area contributed by atoms with E-state index in [-0.39, 0.29) is 11.0 Å². The molecule has 6 nitrogen and oxygen atoms in total. The lowest BCUT2D eigenvalue weighted by Crippen LogP contribution is -2.35. The fourth-order valence-electron chi connectivity index (χ4n) is 2.75. The third-order valence-electron chi connectivity index (χ3n) is 3.86. The minimum atomic E-state index is -0.650. The second-order valence-corrected chi connectivity index (χ2v) is 5.29. The molecule has 116 valence electrons. The molecule has 0 aromatic heterocycles. The number of nitrogens with zero attached hydrogens (tertiary/aromatic N) is 3. The van der Waals surface area contributed by atoms with Crippen molar-refractivity contribution in [2.45, 2.75) is 0 Å². The van der Waals surface area contributed by atoms with E-state index in [1.165, 1.54) is 6.07 Å². The van der Waals surface area contributed by atoms with E-state index in [4.69, 9.17) is 0 Å². The molecule has 0 saturated heterocycles. The number of hydrogen-bond acceptors (Lipinski definition) is 3. The van der Waals surface area contributed by atoms with Gasteiger partial charge in [0.1, 0.15) is 11.0 Å². The van der Waals surface area contributed by atoms with Crippen molar-refractivity contribution in [2.24, 2.45) is 9.98 Å². The number of carbonyl (C=O) groups is 2. The SMILES string of the molecule is O=C1N=c2cccc(N(O)C(=O)c3cccc4ccccc34)c2=N1. The molecule has 1 aliphatic rings. The molecule has 0 spiro atoms. The number of para-hydroxylation sites is 1. The van der Waals surface area contributed by atoms with Crippen LogP contribution in [0, 0.1) is 0 Å². The maximum absolute atomic E-state index is 12.8. The van der Waals surface area contributed by atoms with Gasteiger partial charge in [0.25, 0.3) is 5.91 Å². The summed E-state index contributed by atoms with van der Waals surface area (Å²) in [5.74, 6) is -0.602. The van der Waals surface area contributed by atoms with Crippen LogP contribution in [0.15, 0.2) is 70.6 Å². The summed E-state index contributed by atoms with van der Waals surface area (Å²) in [6, 6.07) is 16.8. The minimum absolute atomic E-state index is 0.125. The number of benzene rings is 3. The van der Waals surface area contributed by atoms with Crippen LogP contribution in [0.5, 0.6) is 0 Å². The topological polar surface area (TPSA) is 82.3 Å². The van der Waals surface area contributed by atoms with Crippen molar-refractivity contribution in [1.82, 2.24) is 0 Å². The Morgan fingerprint density at radius 2 is 1.67 bits per heavy atom. The molecule has 0 atom stereocenters. The zero-order valence-electron chi connectivity index (χ0n) is 12.4. The van der Waals surface area contributed by atoms with Crippen LogP contribution in [-0.4, -0.2) is 17.1 Å². The van der Waals surface area contributed by atoms with Gasteiger partial charge in [-0.3, -0.25) is 10.0 Å². The lowest BCUT2D eigenvalue weighted by Gasteiger charge is -2.16. The molecule has 0 aliphatic carbocycles. The van der Waals surface area contributed by atoms with Crippen LogP contribution in [-0.2, 0) is 0 Å². The van der Waals surface area contributed by atoms with Gasteiger partial charge in [0, 0.05) is 5.56 Å². The van der Waals surface area contributed by atoms with E-state index < -0.39 is 11.9 Å². The summed E-state index contributed by atoms with van der Waals surface area (Å²) in [6.45, 7) is 0. The molecule has 24 heavy (non-hydrogen) atoms. The monoisotopic (exact) mass is 317 g/mol. The maximum Gasteiger partial charge on any atom is 0.368 e. The Bertz CT molecular complexity index is 1120. The van der Waals surface area contributed by atoms with Crippen molar-refractivity contribution < 1.29 is 14.8 Å². The van der Waals surface area contributed by atoms with E-state index in [0.29, 0.717) is 16.0 Å². The fraction of sp³-hybridized carbons (Fsp3) is 0. The molecule has 1 N–H and O–H groups in total. The van der Waals surface area contributed by atoms with Gasteiger partial charge in [0.15, 0.2) is 0 Å². The Hall–Kier alpha value is -3.38. The molecule has 0 radical (unpaired) electrons. The number of amides is 3. The summed E-state index contributed by atoms with van der Waals surface area (Å²) in [4.78, 5) is 31.6. The van der Waals surface area contributed by atoms with E-state index >= 15 is 0 Å². The highest BCUT2D eigenvalue weighted by molar-refractivity contribution is 6.13. The van der Waals surface area contributed by atoms with E-state index in [2.05, 4.69) is 9.98 Å². The Morgan fingerprint density at radius 1 is 0.917 bits per heavy atom. The molecule has 4 rings (SSSR count). The van der Waals surface area contributed by atoms with Crippen LogP contribution in [0.2, 0.25) is 0 Å². The number of hydroxylamine groups is 1. The Kier molecular flexibility index (Phi) is 3.18. The summed E-state index contributed by atoms with van der Waals surface area (Å²) >= 11 is 0. The van der Waals surface area contributed by atoms with Gasteiger partial charge in [-0.15, -0.1) is 0 Å². The molecule has 3 aromatic rings. The Morgan fingerprint density at radius 3 is 2.54 bits per heavy atom. The van der Waals surface area contributed by atoms with Gasteiger partial charge in [-0.25, -0.2) is 4.79 Å². The molecule has 1 aliphatic heterocycles. The summed E-state index contributed by atoms with van der Waals surface area (Å²) in [6.07, 6.45) is 0. The number of hydrogen-bond donors (Lipinski definition) is 1. The zero-order chi connectivity index (χ0) is 16.7. The van der Waals surface area contributed by atoms with Crippen molar-refractivity contribution in [2.75, 3.05) is 5.06 Å². The van der Waals surface area contributed by atoms with Gasteiger partial charge in [-0.1, -0.05) is 42.5 Å². The van der Waals surface area contributed by atoms with Gasteiger partial charge >= 0.3 is 6.03 Å². The lowest BCUT2D eigenvalue weighted by atomic mass is 10.0. The number of rotatable bonds is 2. The van der Waals surface area contributed by atoms with Gasteiger partial charge in [-0.2, -0.15) is 15.0 Å². The van der Waals surface area contributed by atoms with E-state index in [1.54, 1.807) is 24.3 Å². The Balaban J connectivity index is 1.85. The van der Waals surface area contributed by atoms with Gasteiger partial charge in [0.2, 0.25) is 0 Å². The summed E-state index contributed by atoms with van der Waals surface area (Å²) in [5.41, 5.74) is 0.481. The van der Waals surface area contributed by atoms with Gasteiger partial charge in [-0.05, 0) is 29.0 Å². The van der Waals surface area contributed by atoms with Crippen LogP contribution < -0.4 is 15.8 Å². The molecule has 3 amide bonds. The second-order valence-electron chi connectivity index (χ2n) is 5.29. The standard InChI is InChI=1S/C18H11N3O3/c22-17(13-8-3-6-11-5-1-2-7-12(11)13)21(24)15-10-4-9-14-16(15)20-18(23)19-14/h1-10,24H. The molecule has 6 heteroatoms. The average molecular weight is 317 g/mol. The first-order valence-corrected chi connectivity index (χ1v) is 7.27. The number of urea groups is 1. The number of fused-ring (bicyclic) bond motifs is 2. The van der Waals surface area contributed by atoms with Crippen LogP contribution in [0.4, 0.5) is 10.5 Å². The Labute approximate surface area is 136 Å². The van der Waals surface area contributed by atoms with Gasteiger partial charge in [0.05, 0.1) is 5.36 Å². The first kappa shape index (κ1) is 14.2. The fourth-order valence-corrected chi connectivity index (χ4v) is 2.75. The molecule has 3 aromatic carbocycles. The highest BCUT2D eigenvalue weighted by Crippen LogP contribution is 2.21. The molecule has 1 heterocycles. The second kappa shape index (κ2) is 5.36. The molecular formula is C18H11N3O3. The van der Waals surface area contributed by atoms with Crippen LogP contribution in [0.25, 0.3) is 10.8 Å². The molecule has 0 saturated carbocycles. The normalized spacial score (nSPS) is 12.5. The van der Waals surface area contributed by atoms with E-state index in [0.717, 1.165) is 10.8 Å². The molecule has 0 fully saturated rings. The minimum Gasteiger partial charge on any atom is -0.281 e. The quantitative estimate of drug-likeness (QED) is 0.581. The highest BCUT2D eigenvalue weighted by Gasteiger charge is 2.21. The predicted molar refractivity (Wildman–Crippen MR) is 86.7 cm³/mol. The molecule has 0 bridgehead atoms. The van der Waals surface area contributed by atoms with Crippen LogP contribution in [0.3, 0.4) is 0 Å². The summed E-state index contributed by atoms with van der Waals surface area (Å²) in [7, 11) is 0. The summed E-state index contributed by atoms with van der Waals surface area (Å²) < 4.78 is 0. The van der Waals surface area contributed by atoms with Crippen LogP contribution in [0.1, 0.15) is 10.4 Å².